The van der Waals surface area contributed by atoms with Crippen LogP contribution >= 0.6 is 15.9 Å². The summed E-state index contributed by atoms with van der Waals surface area (Å²) in [6.45, 7) is 1.90. The quantitative estimate of drug-likeness (QED) is 0.848. The van der Waals surface area contributed by atoms with Gasteiger partial charge < -0.3 is 10.4 Å². The van der Waals surface area contributed by atoms with Gasteiger partial charge >= 0.3 is 5.97 Å². The fourth-order valence-corrected chi connectivity index (χ4v) is 3.65. The van der Waals surface area contributed by atoms with Gasteiger partial charge in [-0.25, -0.2) is 0 Å². The molecule has 2 rings (SSSR count). The van der Waals surface area contributed by atoms with Gasteiger partial charge in [-0.05, 0) is 31.4 Å². The molecular formula is C16H20BrNO3. The number of carboxylic acids is 1. The van der Waals surface area contributed by atoms with E-state index in [9.17, 15) is 14.7 Å². The number of benzene rings is 1. The molecule has 5 heteroatoms. The molecule has 0 saturated heterocycles. The van der Waals surface area contributed by atoms with Gasteiger partial charge in [0.1, 0.15) is 0 Å². The smallest absolute Gasteiger partial charge is 0.310 e. The first kappa shape index (κ1) is 16.0. The summed E-state index contributed by atoms with van der Waals surface area (Å²) in [6, 6.07) is 7.55. The van der Waals surface area contributed by atoms with Crippen molar-refractivity contribution in [1.29, 1.82) is 0 Å². The van der Waals surface area contributed by atoms with Gasteiger partial charge in [-0.15, -0.1) is 0 Å². The van der Waals surface area contributed by atoms with Gasteiger partial charge in [0.15, 0.2) is 0 Å². The van der Waals surface area contributed by atoms with Gasteiger partial charge in [-0.2, -0.15) is 0 Å². The summed E-state index contributed by atoms with van der Waals surface area (Å²) >= 11 is 3.46. The van der Waals surface area contributed by atoms with Crippen LogP contribution in [-0.4, -0.2) is 17.0 Å². The molecule has 0 unspecified atom stereocenters. The maximum absolute atomic E-state index is 12.2. The number of hydrogen-bond acceptors (Lipinski definition) is 2. The Morgan fingerprint density at radius 3 is 2.52 bits per heavy atom. The van der Waals surface area contributed by atoms with Crippen molar-refractivity contribution in [2.24, 2.45) is 5.41 Å². The third-order valence-corrected chi connectivity index (χ3v) is 4.98. The Morgan fingerprint density at radius 1 is 1.33 bits per heavy atom. The molecule has 1 aliphatic rings. The van der Waals surface area contributed by atoms with Crippen LogP contribution in [0.4, 0.5) is 0 Å². The van der Waals surface area contributed by atoms with Crippen molar-refractivity contribution < 1.29 is 14.7 Å². The summed E-state index contributed by atoms with van der Waals surface area (Å²) in [5.74, 6) is -1.04. The number of carboxylic acid groups (broad SMARTS) is 1. The molecule has 1 atom stereocenters. The Bertz CT molecular complexity index is 538. The molecular weight excluding hydrogens is 334 g/mol. The second kappa shape index (κ2) is 6.60. The molecule has 0 bridgehead atoms. The van der Waals surface area contributed by atoms with Gasteiger partial charge in [0.25, 0.3) is 0 Å². The van der Waals surface area contributed by atoms with E-state index >= 15 is 0 Å². The standard InChI is InChI=1S/C16H20BrNO3/c1-11(12-6-2-3-7-13(12)17)18-14(19)10-16(15(20)21)8-4-5-9-16/h2-3,6-7,11H,4-5,8-10H2,1H3,(H,18,19)(H,20,21)/t11-/m0/s1. The molecule has 1 aromatic rings. The topological polar surface area (TPSA) is 66.4 Å². The lowest BCUT2D eigenvalue weighted by Crippen LogP contribution is -2.36. The molecule has 114 valence electrons. The molecule has 0 spiro atoms. The monoisotopic (exact) mass is 353 g/mol. The average molecular weight is 354 g/mol. The first-order chi connectivity index (χ1) is 9.94. The lowest BCUT2D eigenvalue weighted by molar-refractivity contribution is -0.151. The van der Waals surface area contributed by atoms with E-state index in [-0.39, 0.29) is 18.4 Å². The molecule has 1 amide bonds. The highest BCUT2D eigenvalue weighted by atomic mass is 79.9. The fraction of sp³-hybridized carbons (Fsp3) is 0.500. The van der Waals surface area contributed by atoms with E-state index in [1.807, 2.05) is 31.2 Å². The number of amides is 1. The van der Waals surface area contributed by atoms with Crippen molar-refractivity contribution in [1.82, 2.24) is 5.32 Å². The van der Waals surface area contributed by atoms with Crippen LogP contribution in [0.25, 0.3) is 0 Å². The van der Waals surface area contributed by atoms with Gasteiger partial charge in [-0.3, -0.25) is 9.59 Å². The second-order valence-corrected chi connectivity index (χ2v) is 6.63. The lowest BCUT2D eigenvalue weighted by atomic mass is 9.82. The highest BCUT2D eigenvalue weighted by molar-refractivity contribution is 9.10. The Balaban J connectivity index is 2.01. The highest BCUT2D eigenvalue weighted by Crippen LogP contribution is 2.41. The minimum atomic E-state index is -0.863. The van der Waals surface area contributed by atoms with Gasteiger partial charge in [-0.1, -0.05) is 47.0 Å². The summed E-state index contributed by atoms with van der Waals surface area (Å²) in [7, 11) is 0. The molecule has 1 aliphatic carbocycles. The van der Waals surface area contributed by atoms with Crippen molar-refractivity contribution in [3.63, 3.8) is 0 Å². The first-order valence-corrected chi connectivity index (χ1v) is 8.01. The van der Waals surface area contributed by atoms with Gasteiger partial charge in [0.05, 0.1) is 11.5 Å². The number of hydrogen-bond donors (Lipinski definition) is 2. The molecule has 0 aliphatic heterocycles. The van der Waals surface area contributed by atoms with Gasteiger partial charge in [0, 0.05) is 10.9 Å². The first-order valence-electron chi connectivity index (χ1n) is 7.22. The molecule has 4 nitrogen and oxygen atoms in total. The largest absolute Gasteiger partial charge is 0.481 e. The Labute approximate surface area is 133 Å². The van der Waals surface area contributed by atoms with Crippen molar-refractivity contribution in [3.8, 4) is 0 Å². The summed E-state index contributed by atoms with van der Waals surface area (Å²) < 4.78 is 0.937. The second-order valence-electron chi connectivity index (χ2n) is 5.78. The van der Waals surface area contributed by atoms with E-state index in [0.29, 0.717) is 12.8 Å². The zero-order valence-electron chi connectivity index (χ0n) is 12.1. The molecule has 0 heterocycles. The molecule has 2 N–H and O–H groups in total. The van der Waals surface area contributed by atoms with Crippen molar-refractivity contribution in [2.75, 3.05) is 0 Å². The highest BCUT2D eigenvalue weighted by Gasteiger charge is 2.43. The van der Waals surface area contributed by atoms with E-state index in [1.54, 1.807) is 0 Å². The fourth-order valence-electron chi connectivity index (χ4n) is 3.02. The Hall–Kier alpha value is -1.36. The van der Waals surface area contributed by atoms with Crippen molar-refractivity contribution in [3.05, 3.63) is 34.3 Å². The van der Waals surface area contributed by atoms with Crippen molar-refractivity contribution in [2.45, 2.75) is 45.1 Å². The normalized spacial score (nSPS) is 18.2. The summed E-state index contributed by atoms with van der Waals surface area (Å²) in [5, 5.41) is 12.3. The predicted molar refractivity (Wildman–Crippen MR) is 83.9 cm³/mol. The van der Waals surface area contributed by atoms with E-state index < -0.39 is 11.4 Å². The Morgan fingerprint density at radius 2 is 1.95 bits per heavy atom. The van der Waals surface area contributed by atoms with Gasteiger partial charge in [0.2, 0.25) is 5.91 Å². The van der Waals surface area contributed by atoms with Crippen LogP contribution < -0.4 is 5.32 Å². The lowest BCUT2D eigenvalue weighted by Gasteiger charge is -2.24. The third kappa shape index (κ3) is 3.64. The molecule has 0 radical (unpaired) electrons. The van der Waals surface area contributed by atoms with Crippen LogP contribution in [-0.2, 0) is 9.59 Å². The van der Waals surface area contributed by atoms with Crippen LogP contribution in [0.1, 0.15) is 50.6 Å². The van der Waals surface area contributed by atoms with E-state index in [0.717, 1.165) is 22.9 Å². The molecule has 21 heavy (non-hydrogen) atoms. The van der Waals surface area contributed by atoms with E-state index in [4.69, 9.17) is 0 Å². The average Bonchev–Trinajstić information content (AvgIpc) is 2.88. The molecule has 1 fully saturated rings. The van der Waals surface area contributed by atoms with Crippen LogP contribution in [0, 0.1) is 5.41 Å². The number of halogens is 1. The molecule has 1 aromatic carbocycles. The van der Waals surface area contributed by atoms with Crippen LogP contribution in [0.3, 0.4) is 0 Å². The minimum Gasteiger partial charge on any atom is -0.481 e. The SMILES string of the molecule is C[C@H](NC(=O)CC1(C(=O)O)CCCC1)c1ccccc1Br. The molecule has 0 aromatic heterocycles. The number of carbonyl (C=O) groups is 2. The minimum absolute atomic E-state index is 0.0666. The van der Waals surface area contributed by atoms with Crippen LogP contribution in [0.15, 0.2) is 28.7 Å². The van der Waals surface area contributed by atoms with E-state index in [1.165, 1.54) is 0 Å². The number of aliphatic carboxylic acids is 1. The van der Waals surface area contributed by atoms with Crippen molar-refractivity contribution >= 4 is 27.8 Å². The van der Waals surface area contributed by atoms with Crippen LogP contribution in [0.2, 0.25) is 0 Å². The third-order valence-electron chi connectivity index (χ3n) is 4.26. The Kier molecular flexibility index (Phi) is 5.04. The van der Waals surface area contributed by atoms with E-state index in [2.05, 4.69) is 21.2 Å². The summed E-state index contributed by atoms with van der Waals surface area (Å²) in [5.41, 5.74) is 0.124. The van der Waals surface area contributed by atoms with Crippen LogP contribution in [0.5, 0.6) is 0 Å². The number of rotatable bonds is 5. The predicted octanol–water partition coefficient (Wildman–Crippen LogP) is 3.66. The maximum Gasteiger partial charge on any atom is 0.310 e. The molecule has 1 saturated carbocycles. The summed E-state index contributed by atoms with van der Waals surface area (Å²) in [4.78, 5) is 23.7. The summed E-state index contributed by atoms with van der Waals surface area (Å²) in [6.07, 6.45) is 3.04. The zero-order valence-corrected chi connectivity index (χ0v) is 13.6. The number of carbonyl (C=O) groups excluding carboxylic acids is 1. The number of nitrogens with one attached hydrogen (secondary N) is 1. The zero-order chi connectivity index (χ0) is 15.5. The maximum atomic E-state index is 12.2.